The van der Waals surface area contributed by atoms with E-state index in [0.717, 1.165) is 18.8 Å². The van der Waals surface area contributed by atoms with Gasteiger partial charge in [-0.3, -0.25) is 0 Å². The molecule has 0 amide bonds. The van der Waals surface area contributed by atoms with Crippen molar-refractivity contribution in [2.45, 2.75) is 25.7 Å². The highest BCUT2D eigenvalue weighted by Gasteiger charge is 2.20. The molecule has 2 rings (SSSR count). The van der Waals surface area contributed by atoms with Gasteiger partial charge in [0.05, 0.1) is 6.20 Å². The van der Waals surface area contributed by atoms with E-state index in [4.69, 9.17) is 4.52 Å². The highest BCUT2D eigenvalue weighted by atomic mass is 16.5. The van der Waals surface area contributed by atoms with Crippen molar-refractivity contribution in [3.63, 3.8) is 0 Å². The van der Waals surface area contributed by atoms with Crippen LogP contribution in [-0.4, -0.2) is 18.2 Å². The second-order valence-corrected chi connectivity index (χ2v) is 3.40. The molecule has 0 spiro atoms. The molecule has 0 radical (unpaired) electrons. The zero-order chi connectivity index (χ0) is 8.39. The van der Waals surface area contributed by atoms with E-state index in [1.54, 1.807) is 6.20 Å². The van der Waals surface area contributed by atoms with E-state index in [9.17, 15) is 0 Å². The lowest BCUT2D eigenvalue weighted by Gasteiger charge is -2.20. The summed E-state index contributed by atoms with van der Waals surface area (Å²) in [4.78, 5) is 0. The van der Waals surface area contributed by atoms with Crippen LogP contribution in [0.5, 0.6) is 0 Å². The minimum absolute atomic E-state index is 0.591. The monoisotopic (exact) mass is 166 g/mol. The third kappa shape index (κ3) is 1.37. The van der Waals surface area contributed by atoms with Gasteiger partial charge in [0.15, 0.2) is 0 Å². The molecule has 3 heteroatoms. The fraction of sp³-hybridized carbons (Fsp3) is 0.667. The molecule has 1 N–H and O–H groups in total. The molecule has 0 aliphatic carbocycles. The average molecular weight is 166 g/mol. The molecule has 2 heterocycles. The fourth-order valence-electron chi connectivity index (χ4n) is 1.78. The molecule has 66 valence electrons. The van der Waals surface area contributed by atoms with Crippen molar-refractivity contribution in [2.75, 3.05) is 13.1 Å². The van der Waals surface area contributed by atoms with Crippen LogP contribution in [0.25, 0.3) is 0 Å². The Balaban J connectivity index is 2.13. The smallest absolute Gasteiger partial charge is 0.142 e. The van der Waals surface area contributed by atoms with Gasteiger partial charge < -0.3 is 9.84 Å². The Kier molecular flexibility index (Phi) is 2.13. The quantitative estimate of drug-likeness (QED) is 0.686. The number of hydrogen-bond acceptors (Lipinski definition) is 3. The first-order chi connectivity index (χ1) is 5.88. The Hall–Kier alpha value is -0.830. The van der Waals surface area contributed by atoms with Gasteiger partial charge in [0.1, 0.15) is 5.76 Å². The lowest BCUT2D eigenvalue weighted by Crippen LogP contribution is -2.26. The number of nitrogens with zero attached hydrogens (tertiary/aromatic N) is 1. The number of hydrogen-bond donors (Lipinski definition) is 1. The van der Waals surface area contributed by atoms with E-state index in [2.05, 4.69) is 17.4 Å². The van der Waals surface area contributed by atoms with Gasteiger partial charge in [0.25, 0.3) is 0 Å². The maximum absolute atomic E-state index is 5.23. The van der Waals surface area contributed by atoms with Gasteiger partial charge in [0.2, 0.25) is 0 Å². The Morgan fingerprint density at radius 1 is 1.50 bits per heavy atom. The van der Waals surface area contributed by atoms with Gasteiger partial charge >= 0.3 is 0 Å². The SMILES string of the molecule is Cc1cnoc1C1CCNCC1. The molecule has 0 saturated carbocycles. The summed E-state index contributed by atoms with van der Waals surface area (Å²) in [5.41, 5.74) is 1.20. The molecule has 3 nitrogen and oxygen atoms in total. The van der Waals surface area contributed by atoms with Crippen molar-refractivity contribution < 1.29 is 4.52 Å². The van der Waals surface area contributed by atoms with Gasteiger partial charge in [-0.05, 0) is 32.9 Å². The van der Waals surface area contributed by atoms with Crippen LogP contribution in [0, 0.1) is 6.92 Å². The first-order valence-electron chi connectivity index (χ1n) is 4.50. The number of aromatic nitrogens is 1. The molecular formula is C9H14N2O. The molecule has 12 heavy (non-hydrogen) atoms. The van der Waals surface area contributed by atoms with Crippen molar-refractivity contribution in [1.29, 1.82) is 0 Å². The van der Waals surface area contributed by atoms with E-state index >= 15 is 0 Å². The summed E-state index contributed by atoms with van der Waals surface area (Å²) < 4.78 is 5.23. The molecule has 0 atom stereocenters. The standard InChI is InChI=1S/C9H14N2O/c1-7-6-11-12-9(7)8-2-4-10-5-3-8/h6,8,10H,2-5H2,1H3. The van der Waals surface area contributed by atoms with Crippen LogP contribution in [0.2, 0.25) is 0 Å². The van der Waals surface area contributed by atoms with Gasteiger partial charge in [-0.15, -0.1) is 0 Å². The molecule has 1 aliphatic heterocycles. The number of aryl methyl sites for hydroxylation is 1. The van der Waals surface area contributed by atoms with Crippen LogP contribution in [-0.2, 0) is 0 Å². The lowest BCUT2D eigenvalue weighted by molar-refractivity contribution is 0.326. The third-order valence-corrected chi connectivity index (χ3v) is 2.50. The Morgan fingerprint density at radius 3 is 2.83 bits per heavy atom. The second-order valence-electron chi connectivity index (χ2n) is 3.40. The molecular weight excluding hydrogens is 152 g/mol. The minimum Gasteiger partial charge on any atom is -0.361 e. The highest BCUT2D eigenvalue weighted by molar-refractivity contribution is 5.16. The van der Waals surface area contributed by atoms with Crippen molar-refractivity contribution in [3.8, 4) is 0 Å². The first-order valence-corrected chi connectivity index (χ1v) is 4.50. The van der Waals surface area contributed by atoms with Crippen molar-refractivity contribution in [3.05, 3.63) is 17.5 Å². The normalized spacial score (nSPS) is 19.8. The summed E-state index contributed by atoms with van der Waals surface area (Å²) in [6.07, 6.45) is 4.16. The van der Waals surface area contributed by atoms with Crippen molar-refractivity contribution >= 4 is 0 Å². The van der Waals surface area contributed by atoms with Crippen LogP contribution >= 0.6 is 0 Å². The zero-order valence-corrected chi connectivity index (χ0v) is 7.34. The van der Waals surface area contributed by atoms with Crippen molar-refractivity contribution in [2.24, 2.45) is 0 Å². The Labute approximate surface area is 72.1 Å². The molecule has 1 fully saturated rings. The summed E-state index contributed by atoms with van der Waals surface area (Å²) in [6.45, 7) is 4.27. The number of nitrogens with one attached hydrogen (secondary N) is 1. The Morgan fingerprint density at radius 2 is 2.25 bits per heavy atom. The third-order valence-electron chi connectivity index (χ3n) is 2.50. The molecule has 1 aliphatic rings. The van der Waals surface area contributed by atoms with Crippen molar-refractivity contribution in [1.82, 2.24) is 10.5 Å². The summed E-state index contributed by atoms with van der Waals surface area (Å²) in [5, 5.41) is 7.14. The van der Waals surface area contributed by atoms with Crippen LogP contribution in [0.1, 0.15) is 30.1 Å². The van der Waals surface area contributed by atoms with Crippen LogP contribution in [0.3, 0.4) is 0 Å². The molecule has 0 bridgehead atoms. The maximum Gasteiger partial charge on any atom is 0.142 e. The maximum atomic E-state index is 5.23. The van der Waals surface area contributed by atoms with E-state index in [-0.39, 0.29) is 0 Å². The summed E-state index contributed by atoms with van der Waals surface area (Å²) >= 11 is 0. The van der Waals surface area contributed by atoms with Gasteiger partial charge in [-0.1, -0.05) is 5.16 Å². The predicted molar refractivity (Wildman–Crippen MR) is 46.1 cm³/mol. The topological polar surface area (TPSA) is 38.1 Å². The van der Waals surface area contributed by atoms with Crippen LogP contribution in [0.15, 0.2) is 10.7 Å². The fourth-order valence-corrected chi connectivity index (χ4v) is 1.78. The number of rotatable bonds is 1. The highest BCUT2D eigenvalue weighted by Crippen LogP contribution is 2.27. The lowest BCUT2D eigenvalue weighted by atomic mass is 9.94. The summed E-state index contributed by atoms with van der Waals surface area (Å²) in [5.74, 6) is 1.69. The molecule has 0 unspecified atom stereocenters. The Bertz CT molecular complexity index is 251. The molecule has 1 aromatic rings. The van der Waals surface area contributed by atoms with E-state index < -0.39 is 0 Å². The van der Waals surface area contributed by atoms with Crippen LogP contribution in [0.4, 0.5) is 0 Å². The average Bonchev–Trinajstić information content (AvgIpc) is 2.53. The van der Waals surface area contributed by atoms with Gasteiger partial charge in [0, 0.05) is 11.5 Å². The van der Waals surface area contributed by atoms with E-state index in [0.29, 0.717) is 5.92 Å². The summed E-state index contributed by atoms with van der Waals surface area (Å²) in [7, 11) is 0. The van der Waals surface area contributed by atoms with E-state index in [1.807, 2.05) is 0 Å². The van der Waals surface area contributed by atoms with E-state index in [1.165, 1.54) is 18.4 Å². The molecule has 1 saturated heterocycles. The van der Waals surface area contributed by atoms with Crippen LogP contribution < -0.4 is 5.32 Å². The van der Waals surface area contributed by atoms with Gasteiger partial charge in [-0.25, -0.2) is 0 Å². The van der Waals surface area contributed by atoms with Gasteiger partial charge in [-0.2, -0.15) is 0 Å². The molecule has 1 aromatic heterocycles. The zero-order valence-electron chi connectivity index (χ0n) is 7.34. The molecule has 0 aromatic carbocycles. The number of piperidine rings is 1. The minimum atomic E-state index is 0.591. The summed E-state index contributed by atoms with van der Waals surface area (Å²) in [6, 6.07) is 0. The first kappa shape index (κ1) is 7.80. The predicted octanol–water partition coefficient (Wildman–Crippen LogP) is 1.45. The second kappa shape index (κ2) is 3.27. The largest absolute Gasteiger partial charge is 0.361 e.